The van der Waals surface area contributed by atoms with Crippen molar-refractivity contribution < 1.29 is 28.6 Å². The molecule has 0 spiro atoms. The second kappa shape index (κ2) is 54.7. The minimum atomic E-state index is -0.763. The van der Waals surface area contributed by atoms with Gasteiger partial charge in [-0.25, -0.2) is 0 Å². The van der Waals surface area contributed by atoms with Crippen LogP contribution in [0.2, 0.25) is 0 Å². The van der Waals surface area contributed by atoms with Gasteiger partial charge in [0.25, 0.3) is 0 Å². The van der Waals surface area contributed by atoms with Crippen molar-refractivity contribution in [3.8, 4) is 0 Å². The molecule has 0 aliphatic carbocycles. The van der Waals surface area contributed by atoms with Crippen LogP contribution < -0.4 is 0 Å². The molecule has 0 aliphatic rings. The predicted octanol–water partition coefficient (Wildman–Crippen LogP) is 20.4. The van der Waals surface area contributed by atoms with Gasteiger partial charge >= 0.3 is 17.9 Å². The molecule has 0 radical (unpaired) electrons. The Morgan fingerprint density at radius 2 is 0.559 bits per heavy atom. The zero-order valence-corrected chi connectivity index (χ0v) is 46.7. The first-order chi connectivity index (χ1) is 33.3. The summed E-state index contributed by atoms with van der Waals surface area (Å²) in [5.41, 5.74) is 0. The quantitative estimate of drug-likeness (QED) is 0.0343. The zero-order valence-electron chi connectivity index (χ0n) is 46.7. The van der Waals surface area contributed by atoms with Gasteiger partial charge in [0.15, 0.2) is 6.10 Å². The minimum Gasteiger partial charge on any atom is -0.462 e. The van der Waals surface area contributed by atoms with Crippen LogP contribution in [0, 0.1) is 11.8 Å². The fourth-order valence-electron chi connectivity index (χ4n) is 9.55. The average Bonchev–Trinajstić information content (AvgIpc) is 3.32. The highest BCUT2D eigenvalue weighted by Gasteiger charge is 2.19. The maximum atomic E-state index is 12.9. The van der Waals surface area contributed by atoms with Crippen molar-refractivity contribution in [1.29, 1.82) is 0 Å². The molecule has 0 rings (SSSR count). The molecular weight excluding hydrogens is 841 g/mol. The van der Waals surface area contributed by atoms with Crippen molar-refractivity contribution in [2.24, 2.45) is 11.8 Å². The maximum Gasteiger partial charge on any atom is 0.306 e. The van der Waals surface area contributed by atoms with Gasteiger partial charge in [-0.2, -0.15) is 0 Å². The largest absolute Gasteiger partial charge is 0.462 e. The second-order valence-electron chi connectivity index (χ2n) is 22.1. The molecule has 0 aromatic rings. The second-order valence-corrected chi connectivity index (χ2v) is 22.1. The van der Waals surface area contributed by atoms with Crippen molar-refractivity contribution in [1.82, 2.24) is 0 Å². The number of unbranched alkanes of at least 4 members (excludes halogenated alkanes) is 40. The highest BCUT2D eigenvalue weighted by atomic mass is 16.6. The van der Waals surface area contributed by atoms with E-state index in [2.05, 4.69) is 34.6 Å². The minimum absolute atomic E-state index is 0.0625. The first kappa shape index (κ1) is 66.4. The van der Waals surface area contributed by atoms with Crippen LogP contribution in [0.3, 0.4) is 0 Å². The molecule has 0 heterocycles. The third-order valence-corrected chi connectivity index (χ3v) is 14.6. The SMILES string of the molecule is CCCCCCCCCCCCCCCCCCCCCC(=O)O[C@H](COC(=O)CCCCCCCCCCCCCCCCC(C)CC)COC(=O)CCCCCCCCCCCCC(C)C. The third-order valence-electron chi connectivity index (χ3n) is 14.6. The fraction of sp³-hybridized carbons (Fsp3) is 0.952. The van der Waals surface area contributed by atoms with E-state index in [4.69, 9.17) is 14.2 Å². The Hall–Kier alpha value is -1.59. The highest BCUT2D eigenvalue weighted by molar-refractivity contribution is 5.71. The molecular formula is C62H120O6. The summed E-state index contributed by atoms with van der Waals surface area (Å²) >= 11 is 0. The zero-order chi connectivity index (χ0) is 49.6. The first-order valence-electron chi connectivity index (χ1n) is 30.8. The standard InChI is InChI=1S/C62H120O6/c1-6-8-9-10-11-12-13-14-15-16-17-18-19-24-27-34-39-44-49-54-62(65)68-59(56-67-61(64)53-48-43-38-33-29-28-30-35-40-45-50-57(3)4)55-66-60(63)52-47-42-37-32-26-23-21-20-22-25-31-36-41-46-51-58(5)7-2/h57-59H,6-56H2,1-5H3/t58?,59-/m1/s1. The number of esters is 3. The molecule has 68 heavy (non-hydrogen) atoms. The van der Waals surface area contributed by atoms with E-state index in [-0.39, 0.29) is 31.1 Å². The van der Waals surface area contributed by atoms with Crippen molar-refractivity contribution in [3.63, 3.8) is 0 Å². The van der Waals surface area contributed by atoms with Crippen LogP contribution in [-0.2, 0) is 28.6 Å². The Balaban J connectivity index is 4.28. The smallest absolute Gasteiger partial charge is 0.306 e. The van der Waals surface area contributed by atoms with Gasteiger partial charge in [-0.15, -0.1) is 0 Å². The Bertz CT molecular complexity index is 1040. The van der Waals surface area contributed by atoms with E-state index in [0.717, 1.165) is 69.6 Å². The molecule has 0 bridgehead atoms. The van der Waals surface area contributed by atoms with Gasteiger partial charge in [-0.1, -0.05) is 311 Å². The number of carbonyl (C=O) groups excluding carboxylic acids is 3. The lowest BCUT2D eigenvalue weighted by Crippen LogP contribution is -2.30. The molecule has 6 nitrogen and oxygen atoms in total. The van der Waals surface area contributed by atoms with Crippen LogP contribution in [-0.4, -0.2) is 37.2 Å². The van der Waals surface area contributed by atoms with Crippen LogP contribution in [0.1, 0.15) is 349 Å². The number of rotatable bonds is 56. The molecule has 0 aromatic carbocycles. The van der Waals surface area contributed by atoms with Crippen molar-refractivity contribution >= 4 is 17.9 Å². The van der Waals surface area contributed by atoms with E-state index in [9.17, 15) is 14.4 Å². The van der Waals surface area contributed by atoms with E-state index >= 15 is 0 Å². The molecule has 0 fully saturated rings. The van der Waals surface area contributed by atoms with Gasteiger partial charge in [0.05, 0.1) is 0 Å². The summed E-state index contributed by atoms with van der Waals surface area (Å²) in [6.45, 7) is 11.5. The van der Waals surface area contributed by atoms with E-state index in [0.29, 0.717) is 19.3 Å². The molecule has 0 aliphatic heterocycles. The van der Waals surface area contributed by atoms with Gasteiger partial charge < -0.3 is 14.2 Å². The lowest BCUT2D eigenvalue weighted by Gasteiger charge is -2.18. The lowest BCUT2D eigenvalue weighted by molar-refractivity contribution is -0.167. The van der Waals surface area contributed by atoms with Crippen molar-refractivity contribution in [2.75, 3.05) is 13.2 Å². The molecule has 6 heteroatoms. The lowest BCUT2D eigenvalue weighted by atomic mass is 9.99. The van der Waals surface area contributed by atoms with Gasteiger partial charge in [-0.3, -0.25) is 14.4 Å². The molecule has 404 valence electrons. The Kier molecular flexibility index (Phi) is 53.5. The van der Waals surface area contributed by atoms with E-state index in [1.807, 2.05) is 0 Å². The van der Waals surface area contributed by atoms with Crippen LogP contribution in [0.5, 0.6) is 0 Å². The maximum absolute atomic E-state index is 12.9. The molecule has 0 saturated carbocycles. The average molecular weight is 962 g/mol. The number of hydrogen-bond acceptors (Lipinski definition) is 6. The van der Waals surface area contributed by atoms with E-state index in [1.165, 1.54) is 238 Å². The third kappa shape index (κ3) is 53.8. The molecule has 0 aromatic heterocycles. The van der Waals surface area contributed by atoms with Gasteiger partial charge in [0.1, 0.15) is 13.2 Å². The summed E-state index contributed by atoms with van der Waals surface area (Å²) in [7, 11) is 0. The van der Waals surface area contributed by atoms with E-state index in [1.54, 1.807) is 0 Å². The molecule has 0 amide bonds. The van der Waals surface area contributed by atoms with Gasteiger partial charge in [-0.05, 0) is 31.1 Å². The van der Waals surface area contributed by atoms with Crippen LogP contribution in [0.15, 0.2) is 0 Å². The first-order valence-corrected chi connectivity index (χ1v) is 30.8. The van der Waals surface area contributed by atoms with Crippen molar-refractivity contribution in [3.05, 3.63) is 0 Å². The molecule has 0 saturated heterocycles. The number of ether oxygens (including phenoxy) is 3. The van der Waals surface area contributed by atoms with Crippen LogP contribution in [0.4, 0.5) is 0 Å². The van der Waals surface area contributed by atoms with Crippen LogP contribution >= 0.6 is 0 Å². The number of carbonyl (C=O) groups is 3. The summed E-state index contributed by atoms with van der Waals surface area (Å²) in [5, 5.41) is 0. The number of hydrogen-bond donors (Lipinski definition) is 0. The summed E-state index contributed by atoms with van der Waals surface area (Å²) in [6, 6.07) is 0. The summed E-state index contributed by atoms with van der Waals surface area (Å²) in [5.74, 6) is 0.878. The van der Waals surface area contributed by atoms with Gasteiger partial charge in [0.2, 0.25) is 0 Å². The Morgan fingerprint density at radius 1 is 0.309 bits per heavy atom. The van der Waals surface area contributed by atoms with Crippen LogP contribution in [0.25, 0.3) is 0 Å². The highest BCUT2D eigenvalue weighted by Crippen LogP contribution is 2.19. The summed E-state index contributed by atoms with van der Waals surface area (Å²) in [6.07, 6.45) is 59.5. The monoisotopic (exact) mass is 961 g/mol. The summed E-state index contributed by atoms with van der Waals surface area (Å²) < 4.78 is 16.9. The topological polar surface area (TPSA) is 78.9 Å². The summed E-state index contributed by atoms with van der Waals surface area (Å²) in [4.78, 5) is 38.2. The predicted molar refractivity (Wildman–Crippen MR) is 293 cm³/mol. The van der Waals surface area contributed by atoms with Gasteiger partial charge in [0, 0.05) is 19.3 Å². The molecule has 1 unspecified atom stereocenters. The molecule has 0 N–H and O–H groups in total. The molecule has 2 atom stereocenters. The fourth-order valence-corrected chi connectivity index (χ4v) is 9.55. The normalized spacial score (nSPS) is 12.4. The van der Waals surface area contributed by atoms with Crippen molar-refractivity contribution in [2.45, 2.75) is 355 Å². The Morgan fingerprint density at radius 3 is 0.838 bits per heavy atom. The Labute approximate surface area is 425 Å². The van der Waals surface area contributed by atoms with E-state index < -0.39 is 6.10 Å².